The van der Waals surface area contributed by atoms with Crippen LogP contribution in [-0.4, -0.2) is 36.1 Å². The average molecular weight is 565 g/mol. The van der Waals surface area contributed by atoms with Crippen molar-refractivity contribution in [3.05, 3.63) is 107 Å². The van der Waals surface area contributed by atoms with E-state index in [9.17, 15) is 14.7 Å². The highest BCUT2D eigenvalue weighted by Crippen LogP contribution is 2.30. The monoisotopic (exact) mass is 563 g/mol. The van der Waals surface area contributed by atoms with Gasteiger partial charge in [-0.2, -0.15) is 0 Å². The summed E-state index contributed by atoms with van der Waals surface area (Å²) in [6.07, 6.45) is 7.88. The molecule has 2 heterocycles. The summed E-state index contributed by atoms with van der Waals surface area (Å²) in [5.41, 5.74) is 6.09. The van der Waals surface area contributed by atoms with E-state index in [1.807, 2.05) is 30.3 Å². The fraction of sp³-hybridized carbons (Fsp3) is 0.226. The number of benzene rings is 3. The molecule has 2 amide bonds. The molecule has 0 saturated carbocycles. The van der Waals surface area contributed by atoms with Gasteiger partial charge in [-0.1, -0.05) is 54.1 Å². The van der Waals surface area contributed by atoms with Crippen molar-refractivity contribution in [2.75, 3.05) is 28.6 Å². The van der Waals surface area contributed by atoms with Gasteiger partial charge in [0.2, 0.25) is 5.91 Å². The van der Waals surface area contributed by atoms with Crippen molar-refractivity contribution in [3.8, 4) is 0 Å². The maximum absolute atomic E-state index is 12.8. The zero-order valence-corrected chi connectivity index (χ0v) is 23.0. The topological polar surface area (TPSA) is 81.7 Å². The van der Waals surface area contributed by atoms with Crippen molar-refractivity contribution in [2.24, 2.45) is 0 Å². The standard InChI is InChI=1S/C31H30ClN3O3.ClH/c32-23-14-10-21(11-15-23)25(22-12-16-24(17-13-22)35-18-2-1-3-19-35)6-4-9-30(37)33-27-7-5-8-28-26(27)20-29(36)31(38)34-28;/h4-17,29,36H,1-3,18-20H2,(H,33,37)(H,34,38);1H. The molecule has 5 rings (SSSR count). The number of carbonyl (C=O) groups excluding carboxylic acids is 2. The van der Waals surface area contributed by atoms with E-state index in [1.54, 1.807) is 24.3 Å². The number of amides is 2. The lowest BCUT2D eigenvalue weighted by Gasteiger charge is -2.29. The lowest BCUT2D eigenvalue weighted by atomic mass is 9.97. The number of aliphatic hydroxyl groups is 1. The number of nitrogens with zero attached hydrogens (tertiary/aromatic N) is 1. The third-order valence-corrected chi connectivity index (χ3v) is 7.21. The number of rotatable bonds is 6. The number of halogens is 2. The Morgan fingerprint density at radius 2 is 1.64 bits per heavy atom. The maximum Gasteiger partial charge on any atom is 0.253 e. The maximum atomic E-state index is 12.8. The third kappa shape index (κ3) is 6.90. The first-order valence-electron chi connectivity index (χ1n) is 12.9. The molecule has 3 N–H and O–H groups in total. The Balaban J connectivity index is 0.00000353. The molecule has 0 radical (unpaired) electrons. The number of fused-ring (bicyclic) bond motifs is 1. The van der Waals surface area contributed by atoms with Gasteiger partial charge in [0.1, 0.15) is 6.10 Å². The fourth-order valence-electron chi connectivity index (χ4n) is 4.94. The number of hydrogen-bond acceptors (Lipinski definition) is 4. The van der Waals surface area contributed by atoms with Gasteiger partial charge in [-0.15, -0.1) is 12.4 Å². The number of carbonyl (C=O) groups is 2. The predicted octanol–water partition coefficient (Wildman–Crippen LogP) is 6.23. The molecule has 0 spiro atoms. The van der Waals surface area contributed by atoms with Gasteiger partial charge in [0.05, 0.1) is 0 Å². The Morgan fingerprint density at radius 3 is 2.33 bits per heavy atom. The van der Waals surface area contributed by atoms with Crippen molar-refractivity contribution in [1.82, 2.24) is 0 Å². The second-order valence-corrected chi connectivity index (χ2v) is 10.0. The quantitative estimate of drug-likeness (QED) is 0.245. The Hall–Kier alpha value is -3.58. The Kier molecular flexibility index (Phi) is 9.46. The van der Waals surface area contributed by atoms with Crippen molar-refractivity contribution < 1.29 is 14.7 Å². The van der Waals surface area contributed by atoms with Crippen LogP contribution in [-0.2, 0) is 16.0 Å². The molecule has 39 heavy (non-hydrogen) atoms. The molecule has 3 aromatic rings. The summed E-state index contributed by atoms with van der Waals surface area (Å²) in [5.74, 6) is -0.748. The Morgan fingerprint density at radius 1 is 0.974 bits per heavy atom. The van der Waals surface area contributed by atoms with E-state index in [2.05, 4.69) is 39.8 Å². The predicted molar refractivity (Wildman–Crippen MR) is 161 cm³/mol. The molecule has 1 saturated heterocycles. The van der Waals surface area contributed by atoms with Gasteiger partial charge in [0, 0.05) is 53.2 Å². The van der Waals surface area contributed by atoms with Crippen molar-refractivity contribution in [2.45, 2.75) is 31.8 Å². The summed E-state index contributed by atoms with van der Waals surface area (Å²) in [7, 11) is 0. The van der Waals surface area contributed by atoms with E-state index >= 15 is 0 Å². The number of anilines is 3. The minimum absolute atomic E-state index is 0. The second kappa shape index (κ2) is 13.0. The van der Waals surface area contributed by atoms with Crippen LogP contribution in [0, 0.1) is 0 Å². The molecular weight excluding hydrogens is 533 g/mol. The van der Waals surface area contributed by atoms with Gasteiger partial charge >= 0.3 is 0 Å². The molecule has 3 aromatic carbocycles. The number of aliphatic hydroxyl groups excluding tert-OH is 1. The highest BCUT2D eigenvalue weighted by atomic mass is 35.5. The molecule has 1 fully saturated rings. The van der Waals surface area contributed by atoms with Crippen molar-refractivity contribution in [1.29, 1.82) is 0 Å². The summed E-state index contributed by atoms with van der Waals surface area (Å²) in [6.45, 7) is 2.18. The van der Waals surface area contributed by atoms with Crippen LogP contribution in [0.15, 0.2) is 85.0 Å². The van der Waals surface area contributed by atoms with E-state index in [4.69, 9.17) is 11.6 Å². The first kappa shape index (κ1) is 28.4. The summed E-state index contributed by atoms with van der Waals surface area (Å²) < 4.78 is 0. The number of allylic oxidation sites excluding steroid dienone is 2. The molecule has 0 bridgehead atoms. The molecule has 202 valence electrons. The van der Waals surface area contributed by atoms with Crippen LogP contribution < -0.4 is 15.5 Å². The van der Waals surface area contributed by atoms with E-state index in [0.717, 1.165) is 29.8 Å². The van der Waals surface area contributed by atoms with E-state index in [0.29, 0.717) is 22.0 Å². The summed E-state index contributed by atoms with van der Waals surface area (Å²) in [4.78, 5) is 27.0. The van der Waals surface area contributed by atoms with Crippen LogP contribution in [0.3, 0.4) is 0 Å². The number of piperidine rings is 1. The van der Waals surface area contributed by atoms with E-state index in [-0.39, 0.29) is 24.7 Å². The lowest BCUT2D eigenvalue weighted by molar-refractivity contribution is -0.124. The zero-order chi connectivity index (χ0) is 26.5. The van der Waals surface area contributed by atoms with Crippen molar-refractivity contribution in [3.63, 3.8) is 0 Å². The molecule has 6 nitrogen and oxygen atoms in total. The average Bonchev–Trinajstić information content (AvgIpc) is 2.93. The van der Waals surface area contributed by atoms with Gasteiger partial charge < -0.3 is 20.6 Å². The molecule has 8 heteroatoms. The fourth-order valence-corrected chi connectivity index (χ4v) is 5.07. The van der Waals surface area contributed by atoms with Crippen LogP contribution >= 0.6 is 24.0 Å². The minimum atomic E-state index is -1.14. The molecule has 1 atom stereocenters. The highest BCUT2D eigenvalue weighted by molar-refractivity contribution is 6.30. The summed E-state index contributed by atoms with van der Waals surface area (Å²) in [5, 5.41) is 16.2. The summed E-state index contributed by atoms with van der Waals surface area (Å²) in [6, 6.07) is 21.5. The summed E-state index contributed by atoms with van der Waals surface area (Å²) >= 11 is 6.13. The van der Waals surface area contributed by atoms with Crippen LogP contribution in [0.2, 0.25) is 5.02 Å². The molecule has 0 aliphatic carbocycles. The van der Waals surface area contributed by atoms with E-state index < -0.39 is 12.0 Å². The molecule has 2 aliphatic heterocycles. The molecule has 2 aliphatic rings. The van der Waals surface area contributed by atoms with Gasteiger partial charge in [-0.05, 0) is 72.4 Å². The lowest BCUT2D eigenvalue weighted by Crippen LogP contribution is -2.34. The number of nitrogens with one attached hydrogen (secondary N) is 2. The third-order valence-electron chi connectivity index (χ3n) is 6.96. The van der Waals surface area contributed by atoms with Gasteiger partial charge in [0.15, 0.2) is 0 Å². The van der Waals surface area contributed by atoms with Crippen LogP contribution in [0.4, 0.5) is 17.1 Å². The first-order valence-corrected chi connectivity index (χ1v) is 13.3. The van der Waals surface area contributed by atoms with E-state index in [1.165, 1.54) is 31.0 Å². The van der Waals surface area contributed by atoms with Gasteiger partial charge in [0.25, 0.3) is 5.91 Å². The largest absolute Gasteiger partial charge is 0.383 e. The minimum Gasteiger partial charge on any atom is -0.383 e. The Labute approximate surface area is 239 Å². The van der Waals surface area contributed by atoms with Crippen LogP contribution in [0.1, 0.15) is 36.0 Å². The highest BCUT2D eigenvalue weighted by Gasteiger charge is 2.26. The van der Waals surface area contributed by atoms with Crippen molar-refractivity contribution >= 4 is 58.5 Å². The van der Waals surface area contributed by atoms with Gasteiger partial charge in [-0.25, -0.2) is 0 Å². The SMILES string of the molecule is Cl.O=C(C=CC=C(c1ccc(Cl)cc1)c1ccc(N2CCCCC2)cc1)Nc1cccc2c1CC(O)C(=O)N2. The zero-order valence-electron chi connectivity index (χ0n) is 21.4. The molecule has 0 aromatic heterocycles. The molecule has 1 unspecified atom stereocenters. The second-order valence-electron chi connectivity index (χ2n) is 9.57. The van der Waals surface area contributed by atoms with Gasteiger partial charge in [-0.3, -0.25) is 9.59 Å². The first-order chi connectivity index (χ1) is 18.5. The number of hydrogen-bond donors (Lipinski definition) is 3. The normalized spacial score (nSPS) is 17.3. The Bertz CT molecular complexity index is 1380. The smallest absolute Gasteiger partial charge is 0.253 e. The molecular formula is C31H31Cl2N3O3. The van der Waals surface area contributed by atoms with Crippen LogP contribution in [0.25, 0.3) is 5.57 Å². The van der Waals surface area contributed by atoms with Crippen LogP contribution in [0.5, 0.6) is 0 Å².